The standard InChI is InChI=1S/C13H16N6O3/c1-2-18-9-15-17-12(18)6-7-14-13(20)16-10-4-3-5-11(8-10)19(21)22/h3-5,8-9H,2,6-7H2,1H3,(H2,14,16,20). The van der Waals surface area contributed by atoms with E-state index in [1.807, 2.05) is 11.5 Å². The highest BCUT2D eigenvalue weighted by atomic mass is 16.6. The Balaban J connectivity index is 1.83. The summed E-state index contributed by atoms with van der Waals surface area (Å²) in [6.07, 6.45) is 2.19. The molecule has 0 radical (unpaired) electrons. The van der Waals surface area contributed by atoms with Crippen molar-refractivity contribution in [3.63, 3.8) is 0 Å². The van der Waals surface area contributed by atoms with Gasteiger partial charge in [0.1, 0.15) is 12.2 Å². The van der Waals surface area contributed by atoms with E-state index in [0.717, 1.165) is 12.4 Å². The van der Waals surface area contributed by atoms with Gasteiger partial charge < -0.3 is 15.2 Å². The molecule has 2 N–H and O–H groups in total. The highest BCUT2D eigenvalue weighted by Crippen LogP contribution is 2.16. The average Bonchev–Trinajstić information content (AvgIpc) is 2.95. The quantitative estimate of drug-likeness (QED) is 0.621. The van der Waals surface area contributed by atoms with Crippen LogP contribution in [0.5, 0.6) is 0 Å². The number of hydrogen-bond donors (Lipinski definition) is 2. The SMILES string of the molecule is CCn1cnnc1CCNC(=O)Nc1cccc([N+](=O)[O-])c1. The second-order valence-electron chi connectivity index (χ2n) is 4.47. The minimum Gasteiger partial charge on any atom is -0.337 e. The lowest BCUT2D eigenvalue weighted by atomic mass is 10.3. The van der Waals surface area contributed by atoms with E-state index < -0.39 is 11.0 Å². The van der Waals surface area contributed by atoms with Gasteiger partial charge in [-0.25, -0.2) is 4.79 Å². The highest BCUT2D eigenvalue weighted by molar-refractivity contribution is 5.89. The number of carbonyl (C=O) groups excluding carboxylic acids is 1. The van der Waals surface area contributed by atoms with E-state index >= 15 is 0 Å². The summed E-state index contributed by atoms with van der Waals surface area (Å²) < 4.78 is 1.89. The Bertz CT molecular complexity index is 669. The number of nitro benzene ring substituents is 1. The minimum absolute atomic E-state index is 0.0751. The summed E-state index contributed by atoms with van der Waals surface area (Å²) in [5.41, 5.74) is 0.289. The van der Waals surface area contributed by atoms with E-state index in [1.165, 1.54) is 18.2 Å². The third-order valence-electron chi connectivity index (χ3n) is 2.99. The lowest BCUT2D eigenvalue weighted by molar-refractivity contribution is -0.384. The van der Waals surface area contributed by atoms with Crippen molar-refractivity contribution >= 4 is 17.4 Å². The molecule has 0 aliphatic rings. The molecule has 0 aliphatic carbocycles. The molecule has 0 aliphatic heterocycles. The molecule has 0 spiro atoms. The van der Waals surface area contributed by atoms with E-state index in [-0.39, 0.29) is 5.69 Å². The lowest BCUT2D eigenvalue weighted by Gasteiger charge is -2.07. The molecule has 1 aromatic carbocycles. The number of benzene rings is 1. The third-order valence-corrected chi connectivity index (χ3v) is 2.99. The molecule has 0 saturated carbocycles. The van der Waals surface area contributed by atoms with Gasteiger partial charge in [-0.2, -0.15) is 0 Å². The zero-order valence-corrected chi connectivity index (χ0v) is 12.0. The van der Waals surface area contributed by atoms with Gasteiger partial charge in [-0.1, -0.05) is 6.07 Å². The number of urea groups is 1. The van der Waals surface area contributed by atoms with Gasteiger partial charge in [0, 0.05) is 37.3 Å². The van der Waals surface area contributed by atoms with Crippen molar-refractivity contribution in [3.05, 3.63) is 46.5 Å². The molecule has 2 amide bonds. The number of anilines is 1. The van der Waals surface area contributed by atoms with Crippen molar-refractivity contribution in [2.24, 2.45) is 0 Å². The van der Waals surface area contributed by atoms with Crippen molar-refractivity contribution in [1.29, 1.82) is 0 Å². The van der Waals surface area contributed by atoms with Crippen LogP contribution in [0.3, 0.4) is 0 Å². The van der Waals surface area contributed by atoms with Gasteiger partial charge in [-0.05, 0) is 13.0 Å². The molecule has 9 heteroatoms. The van der Waals surface area contributed by atoms with E-state index in [4.69, 9.17) is 0 Å². The molecule has 0 fully saturated rings. The fraction of sp³-hybridized carbons (Fsp3) is 0.308. The van der Waals surface area contributed by atoms with Crippen LogP contribution in [-0.4, -0.2) is 32.3 Å². The van der Waals surface area contributed by atoms with E-state index in [9.17, 15) is 14.9 Å². The average molecular weight is 304 g/mol. The fourth-order valence-corrected chi connectivity index (χ4v) is 1.90. The number of rotatable bonds is 6. The summed E-state index contributed by atoms with van der Waals surface area (Å²) >= 11 is 0. The number of nitrogens with zero attached hydrogens (tertiary/aromatic N) is 4. The van der Waals surface area contributed by atoms with Crippen LogP contribution in [0.25, 0.3) is 0 Å². The summed E-state index contributed by atoms with van der Waals surface area (Å²) in [7, 11) is 0. The van der Waals surface area contributed by atoms with Gasteiger partial charge in [-0.15, -0.1) is 10.2 Å². The second-order valence-corrected chi connectivity index (χ2v) is 4.47. The minimum atomic E-state index is -0.513. The van der Waals surface area contributed by atoms with Crippen LogP contribution in [0.15, 0.2) is 30.6 Å². The molecule has 2 rings (SSSR count). The summed E-state index contributed by atoms with van der Waals surface area (Å²) in [5.74, 6) is 0.790. The first kappa shape index (κ1) is 15.4. The highest BCUT2D eigenvalue weighted by Gasteiger charge is 2.08. The number of amides is 2. The zero-order chi connectivity index (χ0) is 15.9. The van der Waals surface area contributed by atoms with E-state index in [0.29, 0.717) is 18.7 Å². The van der Waals surface area contributed by atoms with Crippen molar-refractivity contribution in [2.45, 2.75) is 19.9 Å². The first-order chi connectivity index (χ1) is 10.6. The first-order valence-electron chi connectivity index (χ1n) is 6.76. The molecule has 0 saturated heterocycles. The third kappa shape index (κ3) is 4.01. The largest absolute Gasteiger partial charge is 0.337 e. The van der Waals surface area contributed by atoms with E-state index in [2.05, 4.69) is 20.8 Å². The lowest BCUT2D eigenvalue weighted by Crippen LogP contribution is -2.30. The van der Waals surface area contributed by atoms with Gasteiger partial charge >= 0.3 is 6.03 Å². The summed E-state index contributed by atoms with van der Waals surface area (Å²) in [6.45, 7) is 3.14. The van der Waals surface area contributed by atoms with Crippen LogP contribution >= 0.6 is 0 Å². The molecular formula is C13H16N6O3. The molecule has 1 aromatic heterocycles. The summed E-state index contributed by atoms with van der Waals surface area (Å²) in [6, 6.07) is 5.33. The Hall–Kier alpha value is -2.97. The molecule has 0 bridgehead atoms. The van der Waals surface area contributed by atoms with Crippen LogP contribution in [0, 0.1) is 10.1 Å². The van der Waals surface area contributed by atoms with Gasteiger partial charge in [0.25, 0.3) is 5.69 Å². The molecule has 2 aromatic rings. The number of carbonyl (C=O) groups is 1. The van der Waals surface area contributed by atoms with Gasteiger partial charge in [0.15, 0.2) is 0 Å². The Morgan fingerprint density at radius 3 is 3.00 bits per heavy atom. The van der Waals surface area contributed by atoms with Gasteiger partial charge in [0.05, 0.1) is 4.92 Å². The number of hydrogen-bond acceptors (Lipinski definition) is 5. The molecule has 116 valence electrons. The van der Waals surface area contributed by atoms with E-state index in [1.54, 1.807) is 12.4 Å². The van der Waals surface area contributed by atoms with Gasteiger partial charge in [0.2, 0.25) is 0 Å². The van der Waals surface area contributed by atoms with Crippen LogP contribution < -0.4 is 10.6 Å². The molecular weight excluding hydrogens is 288 g/mol. The summed E-state index contributed by atoms with van der Waals surface area (Å²) in [5, 5.41) is 23.7. The van der Waals surface area contributed by atoms with Crippen LogP contribution in [0.4, 0.5) is 16.2 Å². The van der Waals surface area contributed by atoms with Crippen molar-refractivity contribution in [3.8, 4) is 0 Å². The predicted octanol–water partition coefficient (Wildman–Crippen LogP) is 1.57. The smallest absolute Gasteiger partial charge is 0.319 e. The van der Waals surface area contributed by atoms with Crippen molar-refractivity contribution < 1.29 is 9.72 Å². The van der Waals surface area contributed by atoms with Gasteiger partial charge in [-0.3, -0.25) is 10.1 Å². The van der Waals surface area contributed by atoms with Crippen LogP contribution in [0.2, 0.25) is 0 Å². The van der Waals surface area contributed by atoms with Crippen LogP contribution in [-0.2, 0) is 13.0 Å². The maximum absolute atomic E-state index is 11.7. The normalized spacial score (nSPS) is 10.2. The Morgan fingerprint density at radius 1 is 1.45 bits per heavy atom. The monoisotopic (exact) mass is 304 g/mol. The van der Waals surface area contributed by atoms with Crippen molar-refractivity contribution in [1.82, 2.24) is 20.1 Å². The van der Waals surface area contributed by atoms with Crippen molar-refractivity contribution in [2.75, 3.05) is 11.9 Å². The maximum Gasteiger partial charge on any atom is 0.319 e. The van der Waals surface area contributed by atoms with Crippen LogP contribution in [0.1, 0.15) is 12.7 Å². The Morgan fingerprint density at radius 2 is 2.27 bits per heavy atom. The molecule has 1 heterocycles. The fourth-order valence-electron chi connectivity index (χ4n) is 1.90. The zero-order valence-electron chi connectivity index (χ0n) is 12.0. The second kappa shape index (κ2) is 7.16. The Labute approximate surface area is 126 Å². The number of aryl methyl sites for hydroxylation is 1. The first-order valence-corrected chi connectivity index (χ1v) is 6.76. The molecule has 0 unspecified atom stereocenters. The number of non-ortho nitro benzene ring substituents is 1. The molecule has 22 heavy (non-hydrogen) atoms. The summed E-state index contributed by atoms with van der Waals surface area (Å²) in [4.78, 5) is 21.9. The maximum atomic E-state index is 11.7. The molecule has 0 atom stereocenters. The molecule has 9 nitrogen and oxygen atoms in total. The number of nitrogens with one attached hydrogen (secondary N) is 2. The topological polar surface area (TPSA) is 115 Å². The predicted molar refractivity (Wildman–Crippen MR) is 79.5 cm³/mol. The number of nitro groups is 1. The Kier molecular flexibility index (Phi) is 5.02. The number of aromatic nitrogens is 3.